The molecule has 0 aliphatic rings. The fourth-order valence-corrected chi connectivity index (χ4v) is 9.14. The number of amides is 2. The van der Waals surface area contributed by atoms with Crippen LogP contribution in [0.1, 0.15) is 49.9 Å². The number of hydrogen-bond donors (Lipinski definition) is 6. The Morgan fingerprint density at radius 3 is 1.17 bits per heavy atom. The number of aromatic nitrogens is 2. The molecule has 2 heterocycles. The molecular formula is C42H56N6O8S2. The van der Waals surface area contributed by atoms with Crippen LogP contribution in [0.25, 0.3) is 0 Å². The number of nitrogens with zero attached hydrogens (tertiary/aromatic N) is 2. The van der Waals surface area contributed by atoms with Crippen LogP contribution in [0.2, 0.25) is 0 Å². The van der Waals surface area contributed by atoms with Gasteiger partial charge in [0.1, 0.15) is 24.3 Å². The second kappa shape index (κ2) is 22.0. The fourth-order valence-electron chi connectivity index (χ4n) is 6.36. The third-order valence-electron chi connectivity index (χ3n) is 9.76. The molecule has 0 saturated heterocycles. The molecule has 0 saturated carbocycles. The van der Waals surface area contributed by atoms with Crippen LogP contribution >= 0.6 is 0 Å². The zero-order chi connectivity index (χ0) is 42.3. The number of aliphatic hydroxyl groups excluding tert-OH is 2. The number of benzene rings is 2. The molecule has 6 atom stereocenters. The fraction of sp³-hybridized carbons (Fsp3) is 0.429. The molecular weight excluding hydrogens is 781 g/mol. The number of aryl methyl sites for hydroxylation is 2. The molecule has 0 aliphatic carbocycles. The van der Waals surface area contributed by atoms with Crippen LogP contribution in [-0.2, 0) is 55.3 Å². The number of aliphatic hydroxyl groups is 2. The zero-order valence-corrected chi connectivity index (χ0v) is 34.9. The van der Waals surface area contributed by atoms with Crippen LogP contribution in [0.5, 0.6) is 0 Å². The number of nitrogens with one attached hydrogen (secondary N) is 4. The first kappa shape index (κ1) is 46.1. The molecule has 0 bridgehead atoms. The first-order chi connectivity index (χ1) is 27.5. The van der Waals surface area contributed by atoms with Gasteiger partial charge in [-0.15, -0.1) is 0 Å². The van der Waals surface area contributed by atoms with Gasteiger partial charge in [0.2, 0.25) is 31.9 Å². The summed E-state index contributed by atoms with van der Waals surface area (Å²) in [6.45, 7) is 6.77. The molecule has 4 rings (SSSR count). The highest BCUT2D eigenvalue weighted by molar-refractivity contribution is 7.89. The van der Waals surface area contributed by atoms with Crippen molar-refractivity contribution in [2.75, 3.05) is 11.5 Å². The van der Waals surface area contributed by atoms with E-state index in [1.54, 1.807) is 125 Å². The van der Waals surface area contributed by atoms with Crippen molar-refractivity contribution in [3.63, 3.8) is 0 Å². The maximum Gasteiger partial charge on any atom is 0.238 e. The molecule has 0 spiro atoms. The monoisotopic (exact) mass is 836 g/mol. The van der Waals surface area contributed by atoms with Crippen LogP contribution in [-0.4, -0.2) is 96.7 Å². The Morgan fingerprint density at radius 1 is 0.534 bits per heavy atom. The van der Waals surface area contributed by atoms with Gasteiger partial charge in [0.05, 0.1) is 23.6 Å². The Balaban J connectivity index is 1.57. The molecule has 16 heteroatoms. The highest BCUT2D eigenvalue weighted by Gasteiger charge is 2.38. The van der Waals surface area contributed by atoms with Crippen LogP contribution < -0.4 is 20.1 Å². The van der Waals surface area contributed by atoms with Gasteiger partial charge in [-0.3, -0.25) is 19.6 Å². The van der Waals surface area contributed by atoms with E-state index in [1.165, 1.54) is 0 Å². The largest absolute Gasteiger partial charge is 0.388 e. The minimum absolute atomic E-state index is 0.0440. The molecule has 58 heavy (non-hydrogen) atoms. The number of rotatable bonds is 23. The molecule has 0 radical (unpaired) electrons. The van der Waals surface area contributed by atoms with Crippen molar-refractivity contribution in [3.8, 4) is 0 Å². The molecule has 0 unspecified atom stereocenters. The van der Waals surface area contributed by atoms with E-state index in [1.807, 2.05) is 12.1 Å². The van der Waals surface area contributed by atoms with Crippen molar-refractivity contribution in [1.82, 2.24) is 30.0 Å². The van der Waals surface area contributed by atoms with Gasteiger partial charge >= 0.3 is 0 Å². The highest BCUT2D eigenvalue weighted by Crippen LogP contribution is 2.17. The van der Waals surface area contributed by atoms with Gasteiger partial charge in [0, 0.05) is 24.8 Å². The molecule has 0 aliphatic heterocycles. The lowest BCUT2D eigenvalue weighted by atomic mass is 9.90. The van der Waals surface area contributed by atoms with Gasteiger partial charge < -0.3 is 20.8 Å². The summed E-state index contributed by atoms with van der Waals surface area (Å²) in [7, 11) is -7.90. The summed E-state index contributed by atoms with van der Waals surface area (Å²) in [5, 5.41) is 29.5. The van der Waals surface area contributed by atoms with E-state index in [0.717, 1.165) is 11.1 Å². The second-order valence-electron chi connectivity index (χ2n) is 15.1. The Labute approximate surface area is 342 Å². The van der Waals surface area contributed by atoms with Crippen molar-refractivity contribution in [1.29, 1.82) is 0 Å². The van der Waals surface area contributed by atoms with Crippen molar-refractivity contribution < 1.29 is 36.6 Å². The lowest BCUT2D eigenvalue weighted by molar-refractivity contribution is -0.129. The highest BCUT2D eigenvalue weighted by atomic mass is 32.2. The summed E-state index contributed by atoms with van der Waals surface area (Å²) < 4.78 is 57.9. The summed E-state index contributed by atoms with van der Waals surface area (Å²) in [6, 6.07) is 20.0. The number of carbonyl (C=O) groups excluding carboxylic acids is 2. The van der Waals surface area contributed by atoms with Crippen molar-refractivity contribution in [2.24, 2.45) is 11.8 Å². The maximum atomic E-state index is 14.0. The molecule has 4 aromatic rings. The molecule has 2 aromatic heterocycles. The molecule has 0 fully saturated rings. The van der Waals surface area contributed by atoms with E-state index in [2.05, 4.69) is 30.0 Å². The van der Waals surface area contributed by atoms with Gasteiger partial charge in [0.15, 0.2) is 0 Å². The Bertz CT molecular complexity index is 1930. The first-order valence-electron chi connectivity index (χ1n) is 19.4. The van der Waals surface area contributed by atoms with E-state index in [4.69, 9.17) is 0 Å². The minimum atomic E-state index is -3.95. The normalized spacial score (nSPS) is 15.2. The van der Waals surface area contributed by atoms with Crippen LogP contribution in [0.4, 0.5) is 0 Å². The van der Waals surface area contributed by atoms with Crippen LogP contribution in [0.15, 0.2) is 110 Å². The van der Waals surface area contributed by atoms with Gasteiger partial charge in [-0.2, -0.15) is 0 Å². The quantitative estimate of drug-likeness (QED) is 0.0641. The van der Waals surface area contributed by atoms with E-state index in [0.29, 0.717) is 11.1 Å². The van der Waals surface area contributed by atoms with E-state index in [-0.39, 0.29) is 37.2 Å². The summed E-state index contributed by atoms with van der Waals surface area (Å²) >= 11 is 0. The molecule has 14 nitrogen and oxygen atoms in total. The zero-order valence-electron chi connectivity index (χ0n) is 33.3. The van der Waals surface area contributed by atoms with Crippen molar-refractivity contribution in [2.45, 2.75) is 89.8 Å². The summed E-state index contributed by atoms with van der Waals surface area (Å²) in [5.41, 5.74) is 2.95. The second-order valence-corrected chi connectivity index (χ2v) is 18.9. The lowest BCUT2D eigenvalue weighted by Gasteiger charge is -2.35. The van der Waals surface area contributed by atoms with E-state index in [9.17, 15) is 36.6 Å². The van der Waals surface area contributed by atoms with E-state index >= 15 is 0 Å². The third kappa shape index (κ3) is 15.0. The standard InChI is InChI=1S/C42H56N6O8S2/c1-29(2)37(47-57(53,54)25-19-31-15-21-43-22-16-31)41(51)45-35(27-33-11-7-5-8-12-33)39(49)40(50)36(28-34-13-9-6-10-14-34)46-42(52)38(30(3)4)48-58(55,56)26-20-32-17-23-44-24-18-32/h5-18,21-24,29-30,35-40,47-50H,19-20,25-28H2,1-4H3,(H,45,51)(H,46,52)/t35-,36-,37-,38+,39+,40+/m0/s1. The Kier molecular flexibility index (Phi) is 17.5. The van der Waals surface area contributed by atoms with Crippen LogP contribution in [0, 0.1) is 11.8 Å². The topological polar surface area (TPSA) is 217 Å². The lowest BCUT2D eigenvalue weighted by Crippen LogP contribution is -2.61. The van der Waals surface area contributed by atoms with Gasteiger partial charge in [-0.05, 0) is 84.0 Å². The first-order valence-corrected chi connectivity index (χ1v) is 22.7. The van der Waals surface area contributed by atoms with Gasteiger partial charge in [0.25, 0.3) is 0 Å². The Morgan fingerprint density at radius 2 is 0.862 bits per heavy atom. The van der Waals surface area contributed by atoms with Gasteiger partial charge in [-0.1, -0.05) is 88.4 Å². The smallest absolute Gasteiger partial charge is 0.238 e. The summed E-state index contributed by atoms with van der Waals surface area (Å²) in [6.07, 6.45) is 3.38. The molecule has 2 amide bonds. The molecule has 2 aromatic carbocycles. The number of sulfonamides is 2. The van der Waals surface area contributed by atoms with Gasteiger partial charge in [-0.25, -0.2) is 26.3 Å². The van der Waals surface area contributed by atoms with Crippen LogP contribution in [0.3, 0.4) is 0 Å². The maximum absolute atomic E-state index is 14.0. The number of hydrogen-bond acceptors (Lipinski definition) is 10. The summed E-state index contributed by atoms with van der Waals surface area (Å²) in [5.74, 6) is -2.97. The van der Waals surface area contributed by atoms with Crippen molar-refractivity contribution in [3.05, 3.63) is 132 Å². The SMILES string of the molecule is CC(C)[C@H](NS(=O)(=O)CCc1ccncc1)C(=O)N[C@@H](Cc1ccccc1)[C@@H](O)[C@H](O)[C@H](Cc1ccccc1)NC(=O)[C@H](NS(=O)(=O)CCc1ccncc1)C(C)C. The predicted molar refractivity (Wildman–Crippen MR) is 223 cm³/mol. The number of pyridine rings is 2. The van der Waals surface area contributed by atoms with Crippen molar-refractivity contribution >= 4 is 31.9 Å². The molecule has 6 N–H and O–H groups in total. The average molecular weight is 837 g/mol. The minimum Gasteiger partial charge on any atom is -0.388 e. The summed E-state index contributed by atoms with van der Waals surface area (Å²) in [4.78, 5) is 35.8. The third-order valence-corrected chi connectivity index (χ3v) is 12.5. The van der Waals surface area contributed by atoms with E-state index < -0.39 is 80.1 Å². The molecule has 314 valence electrons. The predicted octanol–water partition coefficient (Wildman–Crippen LogP) is 2.33. The Hall–Kier alpha value is -4.58. The average Bonchev–Trinajstić information content (AvgIpc) is 3.21. The number of carbonyl (C=O) groups is 2.